The van der Waals surface area contributed by atoms with Gasteiger partial charge in [-0.05, 0) is 34.6 Å². The summed E-state index contributed by atoms with van der Waals surface area (Å²) in [6.45, 7) is 9.12. The van der Waals surface area contributed by atoms with Crippen LogP contribution in [0.2, 0.25) is 0 Å². The first-order valence-corrected chi connectivity index (χ1v) is 4.55. The molecule has 0 saturated heterocycles. The maximum atomic E-state index is 11.7. The standard InChI is InChI=1S/C10H16N2O2/c1-7-6-11-8(2)12(7)9(13)14-10(3,4)5/h6H,1-5H3. The molecule has 0 aliphatic rings. The van der Waals surface area contributed by atoms with Crippen molar-refractivity contribution in [1.29, 1.82) is 0 Å². The summed E-state index contributed by atoms with van der Waals surface area (Å²) in [7, 11) is 0. The van der Waals surface area contributed by atoms with Gasteiger partial charge in [0.15, 0.2) is 0 Å². The van der Waals surface area contributed by atoms with Crippen molar-refractivity contribution in [2.45, 2.75) is 40.2 Å². The van der Waals surface area contributed by atoms with E-state index in [1.165, 1.54) is 4.57 Å². The molecule has 0 N–H and O–H groups in total. The number of carbonyl (C=O) groups excluding carboxylic acids is 1. The van der Waals surface area contributed by atoms with Gasteiger partial charge >= 0.3 is 6.09 Å². The Morgan fingerprint density at radius 1 is 1.43 bits per heavy atom. The van der Waals surface area contributed by atoms with Gasteiger partial charge in [0.25, 0.3) is 0 Å². The summed E-state index contributed by atoms with van der Waals surface area (Å²) in [4.78, 5) is 15.7. The molecule has 4 nitrogen and oxygen atoms in total. The third kappa shape index (κ3) is 2.34. The van der Waals surface area contributed by atoms with Gasteiger partial charge in [-0.25, -0.2) is 14.3 Å². The second-order valence-electron chi connectivity index (χ2n) is 4.26. The van der Waals surface area contributed by atoms with Crippen LogP contribution in [0.4, 0.5) is 4.79 Å². The molecule has 0 aromatic carbocycles. The summed E-state index contributed by atoms with van der Waals surface area (Å²) >= 11 is 0. The molecule has 0 saturated carbocycles. The molecule has 1 heterocycles. The molecule has 0 spiro atoms. The van der Waals surface area contributed by atoms with Crippen molar-refractivity contribution in [3.8, 4) is 0 Å². The van der Waals surface area contributed by atoms with Gasteiger partial charge in [0.1, 0.15) is 11.4 Å². The number of imidazole rings is 1. The molecule has 1 rings (SSSR count). The maximum absolute atomic E-state index is 11.7. The second kappa shape index (κ2) is 3.44. The van der Waals surface area contributed by atoms with E-state index in [1.54, 1.807) is 13.1 Å². The topological polar surface area (TPSA) is 44.1 Å². The molecule has 1 aromatic rings. The van der Waals surface area contributed by atoms with E-state index in [9.17, 15) is 4.79 Å². The fraction of sp³-hybridized carbons (Fsp3) is 0.600. The Bertz CT molecular complexity index is 328. The van der Waals surface area contributed by atoms with Crippen LogP contribution in [0.5, 0.6) is 0 Å². The minimum Gasteiger partial charge on any atom is -0.443 e. The van der Waals surface area contributed by atoms with Crippen LogP contribution in [0, 0.1) is 13.8 Å². The Labute approximate surface area is 83.9 Å². The average Bonchev–Trinajstić information content (AvgIpc) is 2.27. The molecule has 0 aliphatic heterocycles. The number of carbonyl (C=O) groups is 1. The van der Waals surface area contributed by atoms with Crippen molar-refractivity contribution in [2.75, 3.05) is 0 Å². The normalized spacial score (nSPS) is 11.5. The molecule has 0 atom stereocenters. The quantitative estimate of drug-likeness (QED) is 0.639. The molecule has 14 heavy (non-hydrogen) atoms. The molecular formula is C10H16N2O2. The van der Waals surface area contributed by atoms with Gasteiger partial charge in [0, 0.05) is 11.9 Å². The number of ether oxygens (including phenoxy) is 1. The minimum absolute atomic E-state index is 0.370. The molecule has 0 amide bonds. The van der Waals surface area contributed by atoms with E-state index in [-0.39, 0.29) is 6.09 Å². The highest BCUT2D eigenvalue weighted by molar-refractivity contribution is 5.72. The van der Waals surface area contributed by atoms with Crippen LogP contribution in [0.1, 0.15) is 32.3 Å². The van der Waals surface area contributed by atoms with Gasteiger partial charge in [-0.2, -0.15) is 0 Å². The van der Waals surface area contributed by atoms with Crippen molar-refractivity contribution < 1.29 is 9.53 Å². The number of aromatic nitrogens is 2. The molecule has 4 heteroatoms. The first-order chi connectivity index (χ1) is 6.31. The van der Waals surface area contributed by atoms with Crippen LogP contribution < -0.4 is 0 Å². The molecule has 0 aliphatic carbocycles. The molecule has 0 bridgehead atoms. The van der Waals surface area contributed by atoms with Crippen molar-refractivity contribution in [3.63, 3.8) is 0 Å². The largest absolute Gasteiger partial charge is 0.443 e. The Kier molecular flexibility index (Phi) is 2.64. The first kappa shape index (κ1) is 10.8. The second-order valence-corrected chi connectivity index (χ2v) is 4.26. The molecule has 0 radical (unpaired) electrons. The van der Waals surface area contributed by atoms with E-state index < -0.39 is 5.60 Å². The highest BCUT2D eigenvalue weighted by Crippen LogP contribution is 2.11. The van der Waals surface area contributed by atoms with Crippen LogP contribution in [0.25, 0.3) is 0 Å². The summed E-state index contributed by atoms with van der Waals surface area (Å²) in [5.41, 5.74) is 0.317. The zero-order chi connectivity index (χ0) is 10.9. The van der Waals surface area contributed by atoms with E-state index in [2.05, 4.69) is 4.98 Å². The SMILES string of the molecule is Cc1cnc(C)n1C(=O)OC(C)(C)C. The Balaban J connectivity index is 2.90. The minimum atomic E-state index is -0.472. The van der Waals surface area contributed by atoms with Crippen LogP contribution >= 0.6 is 0 Å². The van der Waals surface area contributed by atoms with E-state index in [0.29, 0.717) is 5.82 Å². The zero-order valence-electron chi connectivity index (χ0n) is 9.29. The lowest BCUT2D eigenvalue weighted by molar-refractivity contribution is 0.0530. The summed E-state index contributed by atoms with van der Waals surface area (Å²) < 4.78 is 6.69. The van der Waals surface area contributed by atoms with E-state index in [1.807, 2.05) is 27.7 Å². The monoisotopic (exact) mass is 196 g/mol. The molecule has 0 fully saturated rings. The highest BCUT2D eigenvalue weighted by atomic mass is 16.6. The number of nitrogens with zero attached hydrogens (tertiary/aromatic N) is 2. The lowest BCUT2D eigenvalue weighted by Crippen LogP contribution is -2.28. The van der Waals surface area contributed by atoms with Crippen molar-refractivity contribution in [2.24, 2.45) is 0 Å². The van der Waals surface area contributed by atoms with Gasteiger partial charge in [-0.3, -0.25) is 0 Å². The van der Waals surface area contributed by atoms with E-state index in [4.69, 9.17) is 4.74 Å². The van der Waals surface area contributed by atoms with E-state index in [0.717, 1.165) is 5.69 Å². The Morgan fingerprint density at radius 2 is 2.00 bits per heavy atom. The average molecular weight is 196 g/mol. The lowest BCUT2D eigenvalue weighted by Gasteiger charge is -2.20. The van der Waals surface area contributed by atoms with Crippen molar-refractivity contribution >= 4 is 6.09 Å². The number of aryl methyl sites for hydroxylation is 2. The summed E-state index contributed by atoms with van der Waals surface area (Å²) in [6.07, 6.45) is 1.28. The molecular weight excluding hydrogens is 180 g/mol. The molecule has 78 valence electrons. The molecule has 0 unspecified atom stereocenters. The number of rotatable bonds is 0. The Morgan fingerprint density at radius 3 is 2.36 bits per heavy atom. The fourth-order valence-electron chi connectivity index (χ4n) is 1.14. The number of hydrogen-bond acceptors (Lipinski definition) is 3. The predicted octanol–water partition coefficient (Wildman–Crippen LogP) is 2.28. The maximum Gasteiger partial charge on any atom is 0.420 e. The van der Waals surface area contributed by atoms with Gasteiger partial charge in [0.05, 0.1) is 0 Å². The third-order valence-electron chi connectivity index (χ3n) is 1.69. The summed E-state index contributed by atoms with van der Waals surface area (Å²) in [5, 5.41) is 0. The van der Waals surface area contributed by atoms with Crippen molar-refractivity contribution in [1.82, 2.24) is 9.55 Å². The van der Waals surface area contributed by atoms with Gasteiger partial charge in [-0.15, -0.1) is 0 Å². The third-order valence-corrected chi connectivity index (χ3v) is 1.69. The van der Waals surface area contributed by atoms with Crippen LogP contribution in [0.15, 0.2) is 6.20 Å². The van der Waals surface area contributed by atoms with Crippen LogP contribution in [0.3, 0.4) is 0 Å². The van der Waals surface area contributed by atoms with Gasteiger partial charge in [0.2, 0.25) is 0 Å². The first-order valence-electron chi connectivity index (χ1n) is 4.55. The molecule has 1 aromatic heterocycles. The van der Waals surface area contributed by atoms with Crippen LogP contribution in [-0.4, -0.2) is 21.2 Å². The summed E-state index contributed by atoms with van der Waals surface area (Å²) in [5.74, 6) is 0.650. The Hall–Kier alpha value is -1.32. The van der Waals surface area contributed by atoms with Gasteiger partial charge in [-0.1, -0.05) is 0 Å². The zero-order valence-corrected chi connectivity index (χ0v) is 9.29. The smallest absolute Gasteiger partial charge is 0.420 e. The predicted molar refractivity (Wildman–Crippen MR) is 53.3 cm³/mol. The summed E-state index contributed by atoms with van der Waals surface area (Å²) in [6, 6.07) is 0. The lowest BCUT2D eigenvalue weighted by atomic mass is 10.2. The van der Waals surface area contributed by atoms with Gasteiger partial charge < -0.3 is 4.74 Å². The van der Waals surface area contributed by atoms with Crippen LogP contribution in [-0.2, 0) is 4.74 Å². The van der Waals surface area contributed by atoms with E-state index >= 15 is 0 Å². The number of hydrogen-bond donors (Lipinski definition) is 0. The highest BCUT2D eigenvalue weighted by Gasteiger charge is 2.20. The fourth-order valence-corrected chi connectivity index (χ4v) is 1.14. The van der Waals surface area contributed by atoms with Crippen molar-refractivity contribution in [3.05, 3.63) is 17.7 Å².